The first kappa shape index (κ1) is 16.5. The van der Waals surface area contributed by atoms with Crippen LogP contribution >= 0.6 is 0 Å². The highest BCUT2D eigenvalue weighted by Crippen LogP contribution is 2.19. The number of nitrogens with zero attached hydrogens (tertiary/aromatic N) is 3. The lowest BCUT2D eigenvalue weighted by molar-refractivity contribution is 0.102. The molecule has 4 rings (SSSR count). The number of hydrogen-bond acceptors (Lipinski definition) is 4. The van der Waals surface area contributed by atoms with Crippen molar-refractivity contribution in [3.05, 3.63) is 95.7 Å². The van der Waals surface area contributed by atoms with Crippen molar-refractivity contribution in [3.8, 4) is 16.8 Å². The number of amides is 1. The number of anilines is 1. The molecule has 1 aromatic carbocycles. The maximum absolute atomic E-state index is 12.5. The van der Waals surface area contributed by atoms with E-state index >= 15 is 0 Å². The van der Waals surface area contributed by atoms with Crippen LogP contribution in [0.25, 0.3) is 16.8 Å². The van der Waals surface area contributed by atoms with Crippen molar-refractivity contribution in [2.24, 2.45) is 0 Å². The summed E-state index contributed by atoms with van der Waals surface area (Å²) < 4.78 is 1.84. The van der Waals surface area contributed by atoms with Gasteiger partial charge in [0, 0.05) is 47.8 Å². The third-order valence-electron chi connectivity index (χ3n) is 4.10. The summed E-state index contributed by atoms with van der Waals surface area (Å²) in [6, 6.07) is 12.3. The second kappa shape index (κ2) is 7.09. The Morgan fingerprint density at radius 1 is 0.963 bits per heavy atom. The molecule has 3 heterocycles. The maximum Gasteiger partial charge on any atom is 0.271 e. The van der Waals surface area contributed by atoms with Gasteiger partial charge in [-0.3, -0.25) is 14.6 Å². The SMILES string of the molecule is O=C(Nc1cc(-c2ccncc2)c[nH]c1=O)c1ccc(-n2ccnc2)cc1. The number of aromatic amines is 1. The molecule has 4 aromatic rings. The molecule has 0 spiro atoms. The fraction of sp³-hybridized carbons (Fsp3) is 0. The van der Waals surface area contributed by atoms with Crippen molar-refractivity contribution in [2.75, 3.05) is 5.32 Å². The van der Waals surface area contributed by atoms with E-state index in [0.717, 1.165) is 16.8 Å². The predicted octanol–water partition coefficient (Wildman–Crippen LogP) is 2.87. The molecule has 2 N–H and O–H groups in total. The van der Waals surface area contributed by atoms with E-state index in [-0.39, 0.29) is 17.2 Å². The van der Waals surface area contributed by atoms with Gasteiger partial charge in [0.25, 0.3) is 11.5 Å². The zero-order valence-electron chi connectivity index (χ0n) is 14.2. The highest BCUT2D eigenvalue weighted by molar-refractivity contribution is 6.04. The Bertz CT molecular complexity index is 1120. The average Bonchev–Trinajstić information content (AvgIpc) is 3.25. The normalized spacial score (nSPS) is 10.5. The molecule has 1 amide bonds. The Morgan fingerprint density at radius 2 is 1.74 bits per heavy atom. The van der Waals surface area contributed by atoms with Gasteiger partial charge in [-0.05, 0) is 48.0 Å². The van der Waals surface area contributed by atoms with Crippen LogP contribution < -0.4 is 10.9 Å². The first-order chi connectivity index (χ1) is 13.2. The quantitative estimate of drug-likeness (QED) is 0.587. The number of nitrogens with one attached hydrogen (secondary N) is 2. The molecule has 0 atom stereocenters. The predicted molar refractivity (Wildman–Crippen MR) is 102 cm³/mol. The van der Waals surface area contributed by atoms with Crippen LogP contribution in [-0.2, 0) is 0 Å². The summed E-state index contributed by atoms with van der Waals surface area (Å²) in [4.78, 5) is 35.2. The van der Waals surface area contributed by atoms with E-state index in [2.05, 4.69) is 20.3 Å². The molecule has 0 radical (unpaired) electrons. The number of carbonyl (C=O) groups is 1. The van der Waals surface area contributed by atoms with E-state index in [1.807, 2.05) is 35.0 Å². The Balaban J connectivity index is 1.57. The van der Waals surface area contributed by atoms with Crippen LogP contribution in [0.2, 0.25) is 0 Å². The van der Waals surface area contributed by atoms with E-state index in [9.17, 15) is 9.59 Å². The highest BCUT2D eigenvalue weighted by Gasteiger charge is 2.10. The fourth-order valence-corrected chi connectivity index (χ4v) is 2.68. The van der Waals surface area contributed by atoms with Crippen LogP contribution in [0.3, 0.4) is 0 Å². The van der Waals surface area contributed by atoms with Gasteiger partial charge in [0.05, 0.1) is 6.33 Å². The average molecular weight is 357 g/mol. The number of carbonyl (C=O) groups excluding carboxylic acids is 1. The molecule has 7 heteroatoms. The third-order valence-corrected chi connectivity index (χ3v) is 4.10. The van der Waals surface area contributed by atoms with Crippen LogP contribution in [0.15, 0.2) is 84.6 Å². The first-order valence-corrected chi connectivity index (χ1v) is 8.23. The molecular weight excluding hydrogens is 342 g/mol. The lowest BCUT2D eigenvalue weighted by Crippen LogP contribution is -2.19. The highest BCUT2D eigenvalue weighted by atomic mass is 16.2. The molecule has 27 heavy (non-hydrogen) atoms. The summed E-state index contributed by atoms with van der Waals surface area (Å²) in [7, 11) is 0. The molecule has 3 aromatic heterocycles. The van der Waals surface area contributed by atoms with Gasteiger partial charge in [-0.15, -0.1) is 0 Å². The number of imidazole rings is 1. The molecule has 0 saturated carbocycles. The number of benzene rings is 1. The Hall–Kier alpha value is -4.00. The molecule has 0 aliphatic heterocycles. The molecule has 7 nitrogen and oxygen atoms in total. The number of rotatable bonds is 4. The second-order valence-corrected chi connectivity index (χ2v) is 5.84. The number of hydrogen-bond donors (Lipinski definition) is 2. The molecule has 0 bridgehead atoms. The molecule has 0 saturated heterocycles. The molecule has 0 unspecified atom stereocenters. The summed E-state index contributed by atoms with van der Waals surface area (Å²) >= 11 is 0. The lowest BCUT2D eigenvalue weighted by atomic mass is 10.1. The van der Waals surface area contributed by atoms with Crippen LogP contribution in [0.4, 0.5) is 5.69 Å². The van der Waals surface area contributed by atoms with Gasteiger partial charge in [0.2, 0.25) is 0 Å². The van der Waals surface area contributed by atoms with E-state index < -0.39 is 0 Å². The van der Waals surface area contributed by atoms with Gasteiger partial charge in [-0.25, -0.2) is 4.98 Å². The van der Waals surface area contributed by atoms with Crippen molar-refractivity contribution in [1.82, 2.24) is 19.5 Å². The van der Waals surface area contributed by atoms with Crippen LogP contribution in [0.5, 0.6) is 0 Å². The largest absolute Gasteiger partial charge is 0.327 e. The fourth-order valence-electron chi connectivity index (χ4n) is 2.68. The Kier molecular flexibility index (Phi) is 4.32. The Labute approximate surface area is 154 Å². The maximum atomic E-state index is 12.5. The van der Waals surface area contributed by atoms with Crippen LogP contribution in [0, 0.1) is 0 Å². The minimum absolute atomic E-state index is 0.188. The van der Waals surface area contributed by atoms with E-state index in [0.29, 0.717) is 5.56 Å². The summed E-state index contributed by atoms with van der Waals surface area (Å²) in [6.45, 7) is 0. The topological polar surface area (TPSA) is 92.7 Å². The van der Waals surface area contributed by atoms with Crippen LogP contribution in [0.1, 0.15) is 10.4 Å². The number of pyridine rings is 2. The van der Waals surface area contributed by atoms with Gasteiger partial charge in [0.15, 0.2) is 0 Å². The van der Waals surface area contributed by atoms with E-state index in [4.69, 9.17) is 0 Å². The summed E-state index contributed by atoms with van der Waals surface area (Å²) in [6.07, 6.45) is 10.1. The lowest BCUT2D eigenvalue weighted by Gasteiger charge is -2.08. The van der Waals surface area contributed by atoms with E-state index in [1.165, 1.54) is 0 Å². The number of aromatic nitrogens is 4. The minimum atomic E-state index is -0.365. The smallest absolute Gasteiger partial charge is 0.271 e. The Morgan fingerprint density at radius 3 is 2.44 bits per heavy atom. The van der Waals surface area contributed by atoms with Crippen molar-refractivity contribution in [3.63, 3.8) is 0 Å². The second-order valence-electron chi connectivity index (χ2n) is 5.84. The molecule has 0 aliphatic rings. The zero-order valence-corrected chi connectivity index (χ0v) is 14.2. The van der Waals surface area contributed by atoms with Gasteiger partial charge < -0.3 is 14.9 Å². The zero-order chi connectivity index (χ0) is 18.6. The summed E-state index contributed by atoms with van der Waals surface area (Å²) in [5, 5.41) is 2.67. The van der Waals surface area contributed by atoms with Gasteiger partial charge in [-0.2, -0.15) is 0 Å². The molecule has 132 valence electrons. The standard InChI is InChI=1S/C20H15N5O2/c26-19(15-1-3-17(4-2-15)25-10-9-22-13-25)24-18-11-16(12-23-20(18)27)14-5-7-21-8-6-14/h1-13H,(H,23,27)(H,24,26). The van der Waals surface area contributed by atoms with Crippen molar-refractivity contribution in [1.29, 1.82) is 0 Å². The summed E-state index contributed by atoms with van der Waals surface area (Å²) in [5.41, 5.74) is 2.84. The molecule has 0 aliphatic carbocycles. The minimum Gasteiger partial charge on any atom is -0.327 e. The van der Waals surface area contributed by atoms with E-state index in [1.54, 1.807) is 49.3 Å². The first-order valence-electron chi connectivity index (χ1n) is 8.23. The molecule has 0 fully saturated rings. The summed E-state index contributed by atoms with van der Waals surface area (Å²) in [5.74, 6) is -0.357. The van der Waals surface area contributed by atoms with Crippen molar-refractivity contribution < 1.29 is 4.79 Å². The monoisotopic (exact) mass is 357 g/mol. The van der Waals surface area contributed by atoms with Gasteiger partial charge in [0.1, 0.15) is 5.69 Å². The molecular formula is C20H15N5O2. The number of H-pyrrole nitrogens is 1. The third kappa shape index (κ3) is 3.52. The van der Waals surface area contributed by atoms with Crippen molar-refractivity contribution in [2.45, 2.75) is 0 Å². The van der Waals surface area contributed by atoms with Crippen molar-refractivity contribution >= 4 is 11.6 Å². The van der Waals surface area contributed by atoms with Crippen LogP contribution in [-0.4, -0.2) is 25.4 Å². The van der Waals surface area contributed by atoms with Gasteiger partial charge >= 0.3 is 0 Å². The van der Waals surface area contributed by atoms with Gasteiger partial charge in [-0.1, -0.05) is 0 Å².